The summed E-state index contributed by atoms with van der Waals surface area (Å²) in [5.41, 5.74) is 4.10. The lowest BCUT2D eigenvalue weighted by molar-refractivity contribution is 0.875. The van der Waals surface area contributed by atoms with Crippen LogP contribution in [0.15, 0.2) is 35.8 Å². The first-order valence-electron chi connectivity index (χ1n) is 6.36. The molecule has 3 heterocycles. The van der Waals surface area contributed by atoms with Crippen LogP contribution in [0.5, 0.6) is 0 Å². The smallest absolute Gasteiger partial charge is 0.129 e. The maximum atomic E-state index is 5.88. The summed E-state index contributed by atoms with van der Waals surface area (Å²) in [4.78, 5) is 8.73. The Morgan fingerprint density at radius 3 is 2.95 bits per heavy atom. The van der Waals surface area contributed by atoms with Gasteiger partial charge in [0.25, 0.3) is 0 Å². The van der Waals surface area contributed by atoms with E-state index in [-0.39, 0.29) is 6.04 Å². The number of pyridine rings is 2. The van der Waals surface area contributed by atoms with E-state index in [1.54, 1.807) is 17.4 Å². The van der Waals surface area contributed by atoms with Crippen LogP contribution in [0.4, 0.5) is 5.69 Å². The lowest BCUT2D eigenvalue weighted by atomic mass is 10.1. The number of nitrogens with zero attached hydrogens (tertiary/aromatic N) is 2. The van der Waals surface area contributed by atoms with E-state index in [0.717, 1.165) is 22.5 Å². The fourth-order valence-electron chi connectivity index (χ4n) is 2.10. The van der Waals surface area contributed by atoms with E-state index >= 15 is 0 Å². The second-order valence-corrected chi connectivity index (χ2v) is 6.04. The highest BCUT2D eigenvalue weighted by Gasteiger charge is 2.09. The molecule has 0 fully saturated rings. The normalized spacial score (nSPS) is 12.6. The van der Waals surface area contributed by atoms with Crippen molar-refractivity contribution in [1.82, 2.24) is 9.97 Å². The molecule has 0 aromatic carbocycles. The second-order valence-electron chi connectivity index (χ2n) is 4.71. The van der Waals surface area contributed by atoms with Crippen LogP contribution in [0, 0.1) is 6.92 Å². The van der Waals surface area contributed by atoms with Crippen LogP contribution >= 0.6 is 22.9 Å². The molecular weight excluding hydrogens is 290 g/mol. The second kappa shape index (κ2) is 5.38. The number of anilines is 1. The molecule has 0 aliphatic rings. The average molecular weight is 304 g/mol. The third-order valence-electron chi connectivity index (χ3n) is 3.25. The van der Waals surface area contributed by atoms with Crippen molar-refractivity contribution < 1.29 is 0 Å². The van der Waals surface area contributed by atoms with Crippen molar-refractivity contribution >= 4 is 38.8 Å². The Balaban J connectivity index is 1.86. The number of rotatable bonds is 3. The summed E-state index contributed by atoms with van der Waals surface area (Å²) < 4.78 is 1.21. The Morgan fingerprint density at radius 1 is 1.30 bits per heavy atom. The van der Waals surface area contributed by atoms with Gasteiger partial charge in [-0.05, 0) is 49.1 Å². The Labute approximate surface area is 126 Å². The van der Waals surface area contributed by atoms with Crippen LogP contribution in [-0.4, -0.2) is 9.97 Å². The molecule has 5 heteroatoms. The Kier molecular flexibility index (Phi) is 3.59. The van der Waals surface area contributed by atoms with Crippen LogP contribution in [-0.2, 0) is 0 Å². The summed E-state index contributed by atoms with van der Waals surface area (Å²) in [7, 11) is 0. The highest BCUT2D eigenvalue weighted by Crippen LogP contribution is 2.26. The van der Waals surface area contributed by atoms with Gasteiger partial charge in [-0.2, -0.15) is 0 Å². The summed E-state index contributed by atoms with van der Waals surface area (Å²) in [6.45, 7) is 4.06. The van der Waals surface area contributed by atoms with Gasteiger partial charge < -0.3 is 5.32 Å². The first-order chi connectivity index (χ1) is 9.63. The molecule has 1 unspecified atom stereocenters. The summed E-state index contributed by atoms with van der Waals surface area (Å²) in [6.07, 6.45) is 1.92. The highest BCUT2D eigenvalue weighted by atomic mass is 35.5. The molecule has 102 valence electrons. The molecular formula is C15H14ClN3S. The maximum Gasteiger partial charge on any atom is 0.129 e. The molecule has 3 nitrogen and oxygen atoms in total. The number of halogens is 1. The fraction of sp³-hybridized carbons (Fsp3) is 0.200. The first kappa shape index (κ1) is 13.3. The lowest BCUT2D eigenvalue weighted by Crippen LogP contribution is -2.08. The van der Waals surface area contributed by atoms with Crippen LogP contribution in [0.25, 0.3) is 10.2 Å². The Bertz CT molecular complexity index is 754. The van der Waals surface area contributed by atoms with Gasteiger partial charge in [-0.25, -0.2) is 4.98 Å². The van der Waals surface area contributed by atoms with Gasteiger partial charge in [-0.3, -0.25) is 4.98 Å². The third-order valence-corrected chi connectivity index (χ3v) is 4.31. The zero-order valence-electron chi connectivity index (χ0n) is 11.2. The van der Waals surface area contributed by atoms with Gasteiger partial charge in [0.1, 0.15) is 5.15 Å². The molecule has 1 N–H and O–H groups in total. The number of thiophene rings is 1. The van der Waals surface area contributed by atoms with Crippen LogP contribution in [0.2, 0.25) is 5.15 Å². The summed E-state index contributed by atoms with van der Waals surface area (Å²) in [6, 6.07) is 8.14. The minimum Gasteiger partial charge on any atom is -0.377 e. The van der Waals surface area contributed by atoms with E-state index in [0.29, 0.717) is 5.15 Å². The maximum absolute atomic E-state index is 5.88. The number of nitrogens with one attached hydrogen (secondary N) is 1. The van der Waals surface area contributed by atoms with E-state index in [1.807, 2.05) is 25.3 Å². The molecule has 0 aliphatic heterocycles. The summed E-state index contributed by atoms with van der Waals surface area (Å²) in [5.74, 6) is 0. The lowest BCUT2D eigenvalue weighted by Gasteiger charge is -2.16. The van der Waals surface area contributed by atoms with Gasteiger partial charge in [-0.15, -0.1) is 11.3 Å². The zero-order chi connectivity index (χ0) is 14.1. The SMILES string of the molecule is Cc1nc(Cl)ccc1NC(C)c1cnc2ccsc2c1. The van der Waals surface area contributed by atoms with Gasteiger partial charge in [0.2, 0.25) is 0 Å². The minimum absolute atomic E-state index is 0.163. The van der Waals surface area contributed by atoms with E-state index in [2.05, 4.69) is 33.7 Å². The van der Waals surface area contributed by atoms with E-state index in [1.165, 1.54) is 4.70 Å². The van der Waals surface area contributed by atoms with Crippen molar-refractivity contribution in [2.45, 2.75) is 19.9 Å². The Hall–Kier alpha value is -1.65. The zero-order valence-corrected chi connectivity index (χ0v) is 12.8. The number of fused-ring (bicyclic) bond motifs is 1. The topological polar surface area (TPSA) is 37.8 Å². The molecule has 0 radical (unpaired) electrons. The molecule has 0 bridgehead atoms. The summed E-state index contributed by atoms with van der Waals surface area (Å²) in [5, 5.41) is 6.03. The van der Waals surface area contributed by atoms with E-state index < -0.39 is 0 Å². The van der Waals surface area contributed by atoms with Gasteiger partial charge in [0.05, 0.1) is 27.6 Å². The minimum atomic E-state index is 0.163. The monoisotopic (exact) mass is 303 g/mol. The third kappa shape index (κ3) is 2.62. The van der Waals surface area contributed by atoms with Crippen LogP contribution in [0.3, 0.4) is 0 Å². The van der Waals surface area contributed by atoms with Crippen molar-refractivity contribution in [1.29, 1.82) is 0 Å². The van der Waals surface area contributed by atoms with E-state index in [4.69, 9.17) is 11.6 Å². The quantitative estimate of drug-likeness (QED) is 0.704. The molecule has 3 aromatic heterocycles. The fourth-order valence-corrected chi connectivity index (χ4v) is 3.08. The highest BCUT2D eigenvalue weighted by molar-refractivity contribution is 7.17. The molecule has 0 aliphatic carbocycles. The molecule has 0 saturated heterocycles. The van der Waals surface area contributed by atoms with Gasteiger partial charge in [-0.1, -0.05) is 11.6 Å². The van der Waals surface area contributed by atoms with Crippen molar-refractivity contribution in [2.24, 2.45) is 0 Å². The predicted octanol–water partition coefficient (Wildman–Crippen LogP) is 4.83. The molecule has 0 spiro atoms. The average Bonchev–Trinajstić information content (AvgIpc) is 2.89. The summed E-state index contributed by atoms with van der Waals surface area (Å²) >= 11 is 7.59. The number of aryl methyl sites for hydroxylation is 1. The molecule has 3 rings (SSSR count). The first-order valence-corrected chi connectivity index (χ1v) is 7.62. The Morgan fingerprint density at radius 2 is 2.15 bits per heavy atom. The molecule has 3 aromatic rings. The molecule has 1 atom stereocenters. The van der Waals surface area contributed by atoms with Crippen molar-refractivity contribution in [2.75, 3.05) is 5.32 Å². The van der Waals surface area contributed by atoms with Gasteiger partial charge in [0.15, 0.2) is 0 Å². The van der Waals surface area contributed by atoms with Crippen molar-refractivity contribution in [3.63, 3.8) is 0 Å². The van der Waals surface area contributed by atoms with Gasteiger partial charge >= 0.3 is 0 Å². The van der Waals surface area contributed by atoms with Crippen LogP contribution in [0.1, 0.15) is 24.2 Å². The molecule has 20 heavy (non-hydrogen) atoms. The standard InChI is InChI=1S/C15H14ClN3S/c1-9(18-12-3-4-15(16)19-10(12)2)11-7-14-13(17-8-11)5-6-20-14/h3-9,18H,1-2H3. The molecule has 0 saturated carbocycles. The number of hydrogen-bond donors (Lipinski definition) is 1. The van der Waals surface area contributed by atoms with E-state index in [9.17, 15) is 0 Å². The van der Waals surface area contributed by atoms with Crippen LogP contribution < -0.4 is 5.32 Å². The predicted molar refractivity (Wildman–Crippen MR) is 85.6 cm³/mol. The largest absolute Gasteiger partial charge is 0.377 e. The van der Waals surface area contributed by atoms with Gasteiger partial charge in [0, 0.05) is 6.20 Å². The number of aromatic nitrogens is 2. The molecule has 0 amide bonds. The number of hydrogen-bond acceptors (Lipinski definition) is 4. The van der Waals surface area contributed by atoms with Crippen molar-refractivity contribution in [3.8, 4) is 0 Å². The van der Waals surface area contributed by atoms with Crippen molar-refractivity contribution in [3.05, 3.63) is 52.3 Å².